The van der Waals surface area contributed by atoms with Crippen LogP contribution in [0.25, 0.3) is 0 Å². The second-order valence-corrected chi connectivity index (χ2v) is 15.0. The molecule has 20 nitrogen and oxygen atoms in total. The molecule has 4 rings (SSSR count). The van der Waals surface area contributed by atoms with Gasteiger partial charge in [-0.15, -0.1) is 0 Å². The molecule has 1 amide bonds. The zero-order valence-corrected chi connectivity index (χ0v) is 31.2. The fourth-order valence-corrected chi connectivity index (χ4v) is 8.93. The monoisotopic (exact) mass is 805 g/mol. The van der Waals surface area contributed by atoms with Gasteiger partial charge in [0.15, 0.2) is 29.7 Å². The summed E-state index contributed by atoms with van der Waals surface area (Å²) >= 11 is 0. The summed E-state index contributed by atoms with van der Waals surface area (Å²) in [7, 11) is 0. The minimum Gasteiger partial charge on any atom is -0.464 e. The van der Waals surface area contributed by atoms with Gasteiger partial charge in [-0.05, 0) is 76.4 Å². The fraction of sp³-hybridized carbons (Fsp3) is 0.743. The molecule has 0 radical (unpaired) electrons. The number of aliphatic hydroxyl groups is 3. The first-order valence-electron chi connectivity index (χ1n) is 18.4. The second-order valence-electron chi connectivity index (χ2n) is 15.0. The third kappa shape index (κ3) is 9.45. The molecule has 9 atom stereocenters. The number of ketones is 2. The van der Waals surface area contributed by atoms with Gasteiger partial charge in [-0.25, -0.2) is 14.0 Å². The average molecular weight is 806 g/mol. The van der Waals surface area contributed by atoms with Gasteiger partial charge in [-0.1, -0.05) is 25.0 Å². The largest absolute Gasteiger partial charge is 0.508 e. The van der Waals surface area contributed by atoms with Crippen molar-refractivity contribution in [3.63, 3.8) is 0 Å². The van der Waals surface area contributed by atoms with Gasteiger partial charge in [0, 0.05) is 23.2 Å². The number of hydrogen-bond acceptors (Lipinski definition) is 19. The van der Waals surface area contributed by atoms with E-state index in [-0.39, 0.29) is 57.7 Å². The van der Waals surface area contributed by atoms with E-state index in [9.17, 15) is 39.3 Å². The van der Waals surface area contributed by atoms with E-state index in [0.717, 1.165) is 0 Å². The third-order valence-corrected chi connectivity index (χ3v) is 11.8. The molecule has 0 aromatic rings. The molecule has 56 heavy (non-hydrogen) atoms. The van der Waals surface area contributed by atoms with Crippen molar-refractivity contribution in [3.05, 3.63) is 23.8 Å². The lowest BCUT2D eigenvalue weighted by Gasteiger charge is -2.62. The molecule has 21 heteroatoms. The van der Waals surface area contributed by atoms with Crippen LogP contribution in [0.15, 0.2) is 23.8 Å². The predicted molar refractivity (Wildman–Crippen MR) is 180 cm³/mol. The minimum atomic E-state index is -2.57. The first-order valence-corrected chi connectivity index (χ1v) is 18.4. The predicted octanol–water partition coefficient (Wildman–Crippen LogP) is 1.17. The number of nitrogens with zero attached hydrogens (tertiary/aromatic N) is 2. The first-order chi connectivity index (χ1) is 26.3. The number of Topliss-reactive ketones (excluding diaryl/α,β-unsaturated/α-hetero) is 1. The number of alkyl halides is 1. The minimum absolute atomic E-state index is 0.0430. The van der Waals surface area contributed by atoms with E-state index in [0.29, 0.717) is 31.3 Å². The number of amides is 1. The van der Waals surface area contributed by atoms with E-state index in [1.165, 1.54) is 25.2 Å². The summed E-state index contributed by atoms with van der Waals surface area (Å²) in [4.78, 5) is 72.7. The quantitative estimate of drug-likeness (QED) is 0.0487. The van der Waals surface area contributed by atoms with Crippen LogP contribution in [0.2, 0.25) is 0 Å². The highest BCUT2D eigenvalue weighted by molar-refractivity contribution is 6.01. The highest BCUT2D eigenvalue weighted by Crippen LogP contribution is 2.69. The van der Waals surface area contributed by atoms with Crippen molar-refractivity contribution < 1.29 is 88.4 Å². The number of esters is 1. The Bertz CT molecular complexity index is 1510. The van der Waals surface area contributed by atoms with Crippen molar-refractivity contribution in [1.29, 1.82) is 0 Å². The third-order valence-electron chi connectivity index (χ3n) is 11.8. The molecule has 0 aliphatic heterocycles. The van der Waals surface area contributed by atoms with Crippen LogP contribution in [0.1, 0.15) is 78.1 Å². The van der Waals surface area contributed by atoms with E-state index in [1.807, 2.05) is 0 Å². The number of ether oxygens (including phenoxy) is 3. The van der Waals surface area contributed by atoms with E-state index < -0.39 is 106 Å². The summed E-state index contributed by atoms with van der Waals surface area (Å²) in [5.41, 5.74) is -7.23. The Labute approximate surface area is 321 Å². The molecule has 4 aliphatic carbocycles. The SMILES string of the molecule is C[C@]12C=CC(=O)C=C1CC[C@H]1[C@@H]3C[C@@H](O)[C@](O)(C(=O)COC(=O)OCC(NC(=O)CCCCCON(O)O)C(=O)OCCCCON(O)O)[C@@]3(C)C[C@H](O)[C@@]12F. The van der Waals surface area contributed by atoms with Crippen molar-refractivity contribution in [1.82, 2.24) is 16.1 Å². The highest BCUT2D eigenvalue weighted by atomic mass is 19.1. The molecule has 0 saturated heterocycles. The summed E-state index contributed by atoms with van der Waals surface area (Å²) in [5.74, 6) is -4.78. The summed E-state index contributed by atoms with van der Waals surface area (Å²) in [5, 5.41) is 70.3. The molecule has 316 valence electrons. The molecular formula is C35H52FN3O17. The highest BCUT2D eigenvalue weighted by Gasteiger charge is 2.76. The van der Waals surface area contributed by atoms with E-state index in [2.05, 4.69) is 15.0 Å². The van der Waals surface area contributed by atoms with Gasteiger partial charge in [-0.2, -0.15) is 0 Å². The smallest absolute Gasteiger partial charge is 0.464 e. The van der Waals surface area contributed by atoms with Crippen LogP contribution in [0.5, 0.6) is 0 Å². The standard InChI is InChI=1S/C35H52FN3O17/c1-32-12-11-22(40)16-21(32)9-10-23-24-17-26(41)35(47,33(24,2)18-27(42)34(23,32)36)28(43)20-54-31(46)53-19-25(30(45)52-13-6-7-15-56-39(50)51)37-29(44)8-4-3-5-14-55-38(48)49/h11-12,16,23-27,41-42,47-51H,3-10,13-15,17-20H2,1-2H3,(H,37,44)/t23-,24-,25?,26+,27-,32-,33-,34-,35-/m0/s1. The maximum atomic E-state index is 17.4. The number of hydrogen-bond donors (Lipinski definition) is 8. The molecule has 1 unspecified atom stereocenters. The maximum absolute atomic E-state index is 17.4. The van der Waals surface area contributed by atoms with Gasteiger partial charge < -0.3 is 34.8 Å². The van der Waals surface area contributed by atoms with E-state index >= 15 is 4.39 Å². The normalized spacial score (nSPS) is 32.6. The molecule has 3 fully saturated rings. The van der Waals surface area contributed by atoms with Crippen molar-refractivity contribution >= 4 is 29.6 Å². The van der Waals surface area contributed by atoms with Crippen molar-refractivity contribution in [3.8, 4) is 0 Å². The Kier molecular flexibility index (Phi) is 15.2. The van der Waals surface area contributed by atoms with Crippen LogP contribution in [0, 0.1) is 22.7 Å². The number of unbranched alkanes of at least 4 members (excludes halogenated alkanes) is 3. The van der Waals surface area contributed by atoms with Crippen LogP contribution in [0.4, 0.5) is 9.18 Å². The molecule has 0 aromatic carbocycles. The number of allylic oxidation sites excluding steroid dienone is 4. The molecule has 0 aromatic heterocycles. The van der Waals surface area contributed by atoms with Crippen LogP contribution in [-0.4, -0.2) is 139 Å². The second kappa shape index (κ2) is 18.9. The van der Waals surface area contributed by atoms with Crippen LogP contribution in [0.3, 0.4) is 0 Å². The number of fused-ring (bicyclic) bond motifs is 5. The summed E-state index contributed by atoms with van der Waals surface area (Å²) in [6.45, 7) is 0.803. The Morgan fingerprint density at radius 3 is 2.21 bits per heavy atom. The van der Waals surface area contributed by atoms with Crippen LogP contribution in [-0.2, 0) is 43.1 Å². The number of aliphatic hydroxyl groups excluding tert-OH is 2. The lowest BCUT2D eigenvalue weighted by Crippen LogP contribution is -2.69. The van der Waals surface area contributed by atoms with Crippen LogP contribution >= 0.6 is 0 Å². The number of nitrogens with one attached hydrogen (secondary N) is 1. The zero-order valence-electron chi connectivity index (χ0n) is 31.2. The van der Waals surface area contributed by atoms with E-state index in [4.69, 9.17) is 35.0 Å². The van der Waals surface area contributed by atoms with Crippen LogP contribution < -0.4 is 5.32 Å². The number of carbonyl (C=O) groups is 5. The molecule has 0 heterocycles. The Balaban J connectivity index is 1.35. The topological polar surface area (TPSA) is 292 Å². The summed E-state index contributed by atoms with van der Waals surface area (Å²) < 4.78 is 32.5. The Morgan fingerprint density at radius 2 is 1.55 bits per heavy atom. The van der Waals surface area contributed by atoms with E-state index in [1.54, 1.807) is 6.92 Å². The number of carbonyl (C=O) groups excluding carboxylic acids is 5. The number of rotatable bonds is 20. The van der Waals surface area contributed by atoms with Crippen molar-refractivity contribution in [2.45, 2.75) is 108 Å². The Morgan fingerprint density at radius 1 is 0.911 bits per heavy atom. The average Bonchev–Trinajstić information content (AvgIpc) is 3.33. The van der Waals surface area contributed by atoms with Gasteiger partial charge in [0.2, 0.25) is 11.7 Å². The zero-order chi connectivity index (χ0) is 41.5. The summed E-state index contributed by atoms with van der Waals surface area (Å²) in [6.07, 6.45) is 0.488. The maximum Gasteiger partial charge on any atom is 0.508 e. The lowest BCUT2D eigenvalue weighted by atomic mass is 9.44. The Hall–Kier alpha value is -3.48. The molecule has 4 aliphatic rings. The first kappa shape index (κ1) is 45.2. The molecule has 8 N–H and O–H groups in total. The molecule has 0 bridgehead atoms. The van der Waals surface area contributed by atoms with Gasteiger partial charge in [0.05, 0.1) is 42.8 Å². The van der Waals surface area contributed by atoms with Crippen molar-refractivity contribution in [2.75, 3.05) is 33.0 Å². The lowest BCUT2D eigenvalue weighted by molar-refractivity contribution is -0.492. The van der Waals surface area contributed by atoms with Gasteiger partial charge in [0.25, 0.3) is 0 Å². The molecular weight excluding hydrogens is 753 g/mol. The number of halogens is 1. The van der Waals surface area contributed by atoms with Gasteiger partial charge >= 0.3 is 12.1 Å². The fourth-order valence-electron chi connectivity index (χ4n) is 8.93. The van der Waals surface area contributed by atoms with Crippen molar-refractivity contribution in [2.24, 2.45) is 22.7 Å². The van der Waals surface area contributed by atoms with Gasteiger partial charge in [0.1, 0.15) is 6.61 Å². The molecule has 0 spiro atoms. The molecule has 3 saturated carbocycles. The van der Waals surface area contributed by atoms with Gasteiger partial charge in [-0.3, -0.25) is 44.9 Å². The summed E-state index contributed by atoms with van der Waals surface area (Å²) in [6, 6.07) is -1.54.